The molecule has 1 amide bonds. The van der Waals surface area contributed by atoms with Crippen LogP contribution in [0, 0.1) is 5.82 Å². The topological polar surface area (TPSA) is 69.0 Å². The van der Waals surface area contributed by atoms with Crippen LogP contribution in [0.2, 0.25) is 0 Å². The third-order valence-electron chi connectivity index (χ3n) is 4.84. The normalized spacial score (nSPS) is 15.7. The van der Waals surface area contributed by atoms with Gasteiger partial charge in [0.2, 0.25) is 0 Å². The van der Waals surface area contributed by atoms with Crippen LogP contribution in [0.15, 0.2) is 42.7 Å². The molecule has 1 aliphatic carbocycles. The number of alkyl halides is 3. The fraction of sp³-hybridized carbons (Fsp3) is 0.250. The number of nitrogens with one attached hydrogen (secondary N) is 1. The Hall–Kier alpha value is -3.43. The molecular weight excluding hydrogens is 404 g/mol. The molecule has 30 heavy (non-hydrogen) atoms. The summed E-state index contributed by atoms with van der Waals surface area (Å²) >= 11 is 0. The van der Waals surface area contributed by atoms with E-state index in [-0.39, 0.29) is 23.0 Å². The largest absolute Gasteiger partial charge is 0.497 e. The number of amides is 1. The molecule has 0 spiro atoms. The van der Waals surface area contributed by atoms with Crippen LogP contribution < -0.4 is 10.1 Å². The first-order valence-electron chi connectivity index (χ1n) is 9.02. The Balaban J connectivity index is 1.57. The number of rotatable bonds is 4. The molecule has 0 unspecified atom stereocenters. The highest BCUT2D eigenvalue weighted by atomic mass is 19.4. The van der Waals surface area contributed by atoms with Gasteiger partial charge in [-0.3, -0.25) is 9.78 Å². The number of ether oxygens (including phenoxy) is 1. The highest BCUT2D eigenvalue weighted by molar-refractivity contribution is 5.95. The van der Waals surface area contributed by atoms with Crippen molar-refractivity contribution in [3.8, 4) is 11.4 Å². The molecule has 1 N–H and O–H groups in total. The summed E-state index contributed by atoms with van der Waals surface area (Å²) in [5.41, 5.74) is 0.698. The summed E-state index contributed by atoms with van der Waals surface area (Å²) in [5, 5.41) is 7.17. The maximum atomic E-state index is 13.7. The predicted octanol–water partition coefficient (Wildman–Crippen LogP) is 3.85. The summed E-state index contributed by atoms with van der Waals surface area (Å²) in [4.78, 5) is 15.9. The van der Waals surface area contributed by atoms with Crippen LogP contribution in [0.5, 0.6) is 5.75 Å². The summed E-state index contributed by atoms with van der Waals surface area (Å²) < 4.78 is 58.8. The van der Waals surface area contributed by atoms with Crippen LogP contribution >= 0.6 is 0 Å². The summed E-state index contributed by atoms with van der Waals surface area (Å²) in [6.07, 6.45) is -0.761. The van der Waals surface area contributed by atoms with E-state index in [1.54, 1.807) is 6.20 Å². The quantitative estimate of drug-likeness (QED) is 0.651. The van der Waals surface area contributed by atoms with Gasteiger partial charge in [-0.25, -0.2) is 9.07 Å². The standard InChI is InChI=1S/C20H16F4N4O2/c1-30-14-7-11(6-12(21)8-14)19(29)26-16-2-3-17-15(16)10-28(27-17)13-4-5-25-18(9-13)20(22,23)24/h4-10,16H,2-3H2,1H3,(H,26,29)/t16-/m1/s1. The van der Waals surface area contributed by atoms with Crippen molar-refractivity contribution in [3.05, 3.63) is 71.1 Å². The number of carbonyl (C=O) groups is 1. The van der Waals surface area contributed by atoms with Crippen molar-refractivity contribution in [2.45, 2.75) is 25.1 Å². The van der Waals surface area contributed by atoms with Crippen molar-refractivity contribution >= 4 is 5.91 Å². The number of hydrogen-bond acceptors (Lipinski definition) is 4. The Morgan fingerprint density at radius 2 is 2.07 bits per heavy atom. The highest BCUT2D eigenvalue weighted by Crippen LogP contribution is 2.33. The second kappa shape index (κ2) is 7.43. The lowest BCUT2D eigenvalue weighted by Crippen LogP contribution is -2.27. The average Bonchev–Trinajstić information content (AvgIpc) is 3.29. The van der Waals surface area contributed by atoms with Crippen molar-refractivity contribution < 1.29 is 27.1 Å². The molecule has 156 valence electrons. The smallest absolute Gasteiger partial charge is 0.433 e. The molecule has 0 bridgehead atoms. The summed E-state index contributed by atoms with van der Waals surface area (Å²) in [6, 6.07) is 5.64. The van der Waals surface area contributed by atoms with Crippen molar-refractivity contribution in [3.63, 3.8) is 0 Å². The molecule has 2 aromatic heterocycles. The van der Waals surface area contributed by atoms with Crippen LogP contribution in [-0.2, 0) is 12.6 Å². The van der Waals surface area contributed by atoms with Crippen LogP contribution in [-0.4, -0.2) is 27.8 Å². The van der Waals surface area contributed by atoms with E-state index >= 15 is 0 Å². The Morgan fingerprint density at radius 1 is 1.27 bits per heavy atom. The van der Waals surface area contributed by atoms with Crippen LogP contribution in [0.4, 0.5) is 17.6 Å². The number of nitrogens with zero attached hydrogens (tertiary/aromatic N) is 3. The molecule has 10 heteroatoms. The summed E-state index contributed by atoms with van der Waals surface area (Å²) in [5.74, 6) is -0.863. The first kappa shape index (κ1) is 19.9. The first-order valence-corrected chi connectivity index (χ1v) is 9.02. The van der Waals surface area contributed by atoms with Gasteiger partial charge in [-0.2, -0.15) is 18.3 Å². The van der Waals surface area contributed by atoms with Crippen molar-refractivity contribution in [1.29, 1.82) is 0 Å². The minimum absolute atomic E-state index is 0.108. The molecule has 6 nitrogen and oxygen atoms in total. The molecule has 0 saturated carbocycles. The van der Waals surface area contributed by atoms with Gasteiger partial charge in [-0.1, -0.05) is 0 Å². The number of aromatic nitrogens is 3. The summed E-state index contributed by atoms with van der Waals surface area (Å²) in [7, 11) is 1.37. The Bertz CT molecular complexity index is 1110. The van der Waals surface area contributed by atoms with Gasteiger partial charge in [0.1, 0.15) is 17.3 Å². The number of carbonyl (C=O) groups excluding carboxylic acids is 1. The van der Waals surface area contributed by atoms with Crippen molar-refractivity contribution in [2.75, 3.05) is 7.11 Å². The molecule has 1 aliphatic rings. The van der Waals surface area contributed by atoms with E-state index in [9.17, 15) is 22.4 Å². The lowest BCUT2D eigenvalue weighted by molar-refractivity contribution is -0.141. The third-order valence-corrected chi connectivity index (χ3v) is 4.84. The van der Waals surface area contributed by atoms with Crippen LogP contribution in [0.25, 0.3) is 5.69 Å². The van der Waals surface area contributed by atoms with E-state index in [2.05, 4.69) is 15.4 Å². The molecule has 0 saturated heterocycles. The van der Waals surface area contributed by atoms with E-state index in [0.717, 1.165) is 18.3 Å². The number of aryl methyl sites for hydroxylation is 1. The number of methoxy groups -OCH3 is 1. The molecule has 0 fully saturated rings. The van der Waals surface area contributed by atoms with Crippen molar-refractivity contribution in [2.24, 2.45) is 0 Å². The number of halogens is 4. The number of hydrogen-bond donors (Lipinski definition) is 1. The number of pyridine rings is 1. The fourth-order valence-corrected chi connectivity index (χ4v) is 3.40. The lowest BCUT2D eigenvalue weighted by Gasteiger charge is -2.14. The second-order valence-corrected chi connectivity index (χ2v) is 6.82. The van der Waals surface area contributed by atoms with Crippen LogP contribution in [0.1, 0.15) is 39.8 Å². The van der Waals surface area contributed by atoms with Gasteiger partial charge in [0, 0.05) is 29.6 Å². The summed E-state index contributed by atoms with van der Waals surface area (Å²) in [6.45, 7) is 0. The van der Waals surface area contributed by atoms with Gasteiger partial charge in [0.25, 0.3) is 5.91 Å². The maximum absolute atomic E-state index is 13.7. The van der Waals surface area contributed by atoms with E-state index in [4.69, 9.17) is 4.74 Å². The Labute approximate surface area is 168 Å². The van der Waals surface area contributed by atoms with Gasteiger partial charge in [-0.05, 0) is 37.1 Å². The SMILES string of the molecule is COc1cc(F)cc(C(=O)N[C@@H]2CCc3nn(-c4ccnc(C(F)(F)F)c4)cc32)c1. The zero-order valence-electron chi connectivity index (χ0n) is 15.7. The predicted molar refractivity (Wildman–Crippen MR) is 97.8 cm³/mol. The Kier molecular flexibility index (Phi) is 4.92. The molecule has 0 radical (unpaired) electrons. The van der Waals surface area contributed by atoms with E-state index in [1.165, 1.54) is 30.0 Å². The van der Waals surface area contributed by atoms with Gasteiger partial charge in [0.05, 0.1) is 24.5 Å². The first-order chi connectivity index (χ1) is 14.2. The minimum Gasteiger partial charge on any atom is -0.497 e. The monoisotopic (exact) mass is 420 g/mol. The van der Waals surface area contributed by atoms with E-state index in [0.29, 0.717) is 24.1 Å². The van der Waals surface area contributed by atoms with Gasteiger partial charge >= 0.3 is 6.18 Å². The zero-order valence-corrected chi connectivity index (χ0v) is 15.7. The fourth-order valence-electron chi connectivity index (χ4n) is 3.40. The average molecular weight is 420 g/mol. The molecule has 2 heterocycles. The van der Waals surface area contributed by atoms with E-state index < -0.39 is 23.6 Å². The molecule has 1 aromatic carbocycles. The number of benzene rings is 1. The molecule has 0 aliphatic heterocycles. The van der Waals surface area contributed by atoms with Gasteiger partial charge in [-0.15, -0.1) is 0 Å². The highest BCUT2D eigenvalue weighted by Gasteiger charge is 2.33. The molecule has 3 aromatic rings. The number of fused-ring (bicyclic) bond motifs is 1. The van der Waals surface area contributed by atoms with Crippen molar-refractivity contribution in [1.82, 2.24) is 20.1 Å². The third kappa shape index (κ3) is 3.85. The second-order valence-electron chi connectivity index (χ2n) is 6.82. The maximum Gasteiger partial charge on any atom is 0.433 e. The molecule has 4 rings (SSSR count). The van der Waals surface area contributed by atoms with Gasteiger partial charge in [0.15, 0.2) is 0 Å². The lowest BCUT2D eigenvalue weighted by atomic mass is 10.1. The minimum atomic E-state index is -4.56. The molecular formula is C20H16F4N4O2. The molecule has 1 atom stereocenters. The zero-order chi connectivity index (χ0) is 21.5. The van der Waals surface area contributed by atoms with E-state index in [1.807, 2.05) is 0 Å². The Morgan fingerprint density at radius 3 is 2.80 bits per heavy atom. The van der Waals surface area contributed by atoms with Gasteiger partial charge < -0.3 is 10.1 Å². The van der Waals surface area contributed by atoms with Crippen LogP contribution in [0.3, 0.4) is 0 Å².